The molecule has 164 valence electrons. The van der Waals surface area contributed by atoms with Gasteiger partial charge in [0.05, 0.1) is 23.7 Å². The zero-order valence-electron chi connectivity index (χ0n) is 17.9. The fraction of sp³-hybridized carbons (Fsp3) is 0.292. The van der Waals surface area contributed by atoms with E-state index in [0.717, 1.165) is 19.5 Å². The molecule has 3 aromatic rings. The molecular formula is C24H28N2O4S. The van der Waals surface area contributed by atoms with Gasteiger partial charge in [0.1, 0.15) is 11.5 Å². The van der Waals surface area contributed by atoms with E-state index < -0.39 is 10.8 Å². The summed E-state index contributed by atoms with van der Waals surface area (Å²) in [7, 11) is 2.39. The lowest BCUT2D eigenvalue weighted by molar-refractivity contribution is 0.0922. The van der Waals surface area contributed by atoms with Crippen molar-refractivity contribution in [3.63, 3.8) is 0 Å². The number of carbonyl (C=O) groups excluding carboxylic acids is 1. The number of rotatable bonds is 11. The number of carbonyl (C=O) groups is 1. The van der Waals surface area contributed by atoms with Crippen molar-refractivity contribution < 1.29 is 18.2 Å². The molecule has 0 spiro atoms. The molecule has 0 aliphatic heterocycles. The Labute approximate surface area is 185 Å². The lowest BCUT2D eigenvalue weighted by Crippen LogP contribution is -2.27. The van der Waals surface area contributed by atoms with Crippen LogP contribution < -0.4 is 10.1 Å². The third kappa shape index (κ3) is 7.08. The van der Waals surface area contributed by atoms with Gasteiger partial charge in [-0.3, -0.25) is 9.00 Å². The highest BCUT2D eigenvalue weighted by molar-refractivity contribution is 7.84. The number of benzene rings is 2. The van der Waals surface area contributed by atoms with Gasteiger partial charge in [-0.1, -0.05) is 30.3 Å². The molecule has 1 amide bonds. The lowest BCUT2D eigenvalue weighted by Gasteiger charge is -2.16. The number of ether oxygens (including phenoxy) is 1. The van der Waals surface area contributed by atoms with Crippen molar-refractivity contribution >= 4 is 16.7 Å². The summed E-state index contributed by atoms with van der Waals surface area (Å²) >= 11 is 0. The van der Waals surface area contributed by atoms with Crippen LogP contribution in [0.4, 0.5) is 0 Å². The third-order valence-corrected chi connectivity index (χ3v) is 6.12. The molecular weight excluding hydrogens is 412 g/mol. The number of hydrogen-bond acceptors (Lipinski definition) is 5. The molecule has 7 heteroatoms. The van der Waals surface area contributed by atoms with E-state index in [-0.39, 0.29) is 17.4 Å². The smallest absolute Gasteiger partial charge is 0.286 e. The Morgan fingerprint density at radius 3 is 2.52 bits per heavy atom. The SMILES string of the molecule is COc1ccc([S@](=O)Cc2ccc(C(=O)NCCCN(C)Cc3ccccc3)o2)cc1. The molecule has 0 radical (unpaired) electrons. The van der Waals surface area contributed by atoms with Gasteiger partial charge in [0.15, 0.2) is 5.76 Å². The largest absolute Gasteiger partial charge is 0.497 e. The lowest BCUT2D eigenvalue weighted by atomic mass is 10.2. The first-order chi connectivity index (χ1) is 15.0. The van der Waals surface area contributed by atoms with Crippen LogP contribution in [-0.4, -0.2) is 42.3 Å². The maximum absolute atomic E-state index is 12.5. The highest BCUT2D eigenvalue weighted by atomic mass is 32.2. The summed E-state index contributed by atoms with van der Waals surface area (Å²) in [5, 5.41) is 2.88. The van der Waals surface area contributed by atoms with E-state index in [1.807, 2.05) is 18.2 Å². The van der Waals surface area contributed by atoms with Crippen molar-refractivity contribution in [3.05, 3.63) is 83.8 Å². The average Bonchev–Trinajstić information content (AvgIpc) is 3.26. The Morgan fingerprint density at radius 1 is 1.06 bits per heavy atom. The van der Waals surface area contributed by atoms with Gasteiger partial charge in [-0.2, -0.15) is 0 Å². The van der Waals surface area contributed by atoms with Gasteiger partial charge in [-0.25, -0.2) is 0 Å². The average molecular weight is 441 g/mol. The van der Waals surface area contributed by atoms with Gasteiger partial charge in [-0.15, -0.1) is 0 Å². The van der Waals surface area contributed by atoms with Crippen LogP contribution in [0, 0.1) is 0 Å². The molecule has 31 heavy (non-hydrogen) atoms. The first-order valence-corrected chi connectivity index (χ1v) is 11.5. The zero-order valence-corrected chi connectivity index (χ0v) is 18.7. The van der Waals surface area contributed by atoms with Gasteiger partial charge in [0, 0.05) is 18.0 Å². The maximum atomic E-state index is 12.5. The van der Waals surface area contributed by atoms with Crippen molar-refractivity contribution in [2.75, 3.05) is 27.2 Å². The Bertz CT molecular complexity index is 986. The summed E-state index contributed by atoms with van der Waals surface area (Å²) in [6, 6.07) is 20.7. The molecule has 0 aliphatic carbocycles. The van der Waals surface area contributed by atoms with Gasteiger partial charge in [0.2, 0.25) is 0 Å². The topological polar surface area (TPSA) is 71.8 Å². The fourth-order valence-electron chi connectivity index (χ4n) is 3.13. The summed E-state index contributed by atoms with van der Waals surface area (Å²) < 4.78 is 23.2. The monoisotopic (exact) mass is 440 g/mol. The van der Waals surface area contributed by atoms with Crippen LogP contribution in [0.15, 0.2) is 76.0 Å². The van der Waals surface area contributed by atoms with Crippen molar-refractivity contribution in [2.45, 2.75) is 23.6 Å². The van der Waals surface area contributed by atoms with E-state index in [9.17, 15) is 9.00 Å². The molecule has 0 saturated carbocycles. The molecule has 1 atom stereocenters. The molecule has 1 aromatic heterocycles. The minimum absolute atomic E-state index is 0.212. The van der Waals surface area contributed by atoms with E-state index in [4.69, 9.17) is 9.15 Å². The van der Waals surface area contributed by atoms with Crippen LogP contribution in [0.2, 0.25) is 0 Å². The minimum atomic E-state index is -1.26. The molecule has 2 aromatic carbocycles. The number of nitrogens with one attached hydrogen (secondary N) is 1. The first-order valence-electron chi connectivity index (χ1n) is 10.2. The molecule has 0 bridgehead atoms. The van der Waals surface area contributed by atoms with Gasteiger partial charge in [-0.05, 0) is 62.0 Å². The second kappa shape index (κ2) is 11.5. The summed E-state index contributed by atoms with van der Waals surface area (Å²) in [6.45, 7) is 2.31. The van der Waals surface area contributed by atoms with E-state index in [0.29, 0.717) is 22.9 Å². The highest BCUT2D eigenvalue weighted by Crippen LogP contribution is 2.18. The van der Waals surface area contributed by atoms with Crippen molar-refractivity contribution in [2.24, 2.45) is 0 Å². The molecule has 1 N–H and O–H groups in total. The highest BCUT2D eigenvalue weighted by Gasteiger charge is 2.13. The Balaban J connectivity index is 1.40. The second-order valence-corrected chi connectivity index (χ2v) is 8.72. The Morgan fingerprint density at radius 2 is 1.81 bits per heavy atom. The third-order valence-electron chi connectivity index (χ3n) is 4.78. The van der Waals surface area contributed by atoms with Crippen LogP contribution in [-0.2, 0) is 23.1 Å². The van der Waals surface area contributed by atoms with E-state index in [1.165, 1.54) is 5.56 Å². The number of nitrogens with zero attached hydrogens (tertiary/aromatic N) is 1. The van der Waals surface area contributed by atoms with Crippen molar-refractivity contribution in [1.29, 1.82) is 0 Å². The van der Waals surface area contributed by atoms with E-state index >= 15 is 0 Å². The van der Waals surface area contributed by atoms with Crippen LogP contribution in [0.3, 0.4) is 0 Å². The number of furan rings is 1. The van der Waals surface area contributed by atoms with E-state index in [2.05, 4.69) is 29.4 Å². The normalized spacial score (nSPS) is 12.0. The van der Waals surface area contributed by atoms with Crippen LogP contribution in [0.1, 0.15) is 28.3 Å². The molecule has 0 saturated heterocycles. The Hall–Kier alpha value is -2.90. The molecule has 0 fully saturated rings. The van der Waals surface area contributed by atoms with Crippen LogP contribution in [0.5, 0.6) is 5.75 Å². The van der Waals surface area contributed by atoms with Gasteiger partial charge in [0.25, 0.3) is 5.91 Å². The molecule has 0 unspecified atom stereocenters. The van der Waals surface area contributed by atoms with E-state index in [1.54, 1.807) is 43.5 Å². The minimum Gasteiger partial charge on any atom is -0.497 e. The van der Waals surface area contributed by atoms with Crippen molar-refractivity contribution in [1.82, 2.24) is 10.2 Å². The van der Waals surface area contributed by atoms with Gasteiger partial charge >= 0.3 is 0 Å². The predicted octanol–water partition coefficient (Wildman–Crippen LogP) is 3.85. The maximum Gasteiger partial charge on any atom is 0.286 e. The summed E-state index contributed by atoms with van der Waals surface area (Å²) in [4.78, 5) is 15.2. The van der Waals surface area contributed by atoms with Crippen LogP contribution in [0.25, 0.3) is 0 Å². The fourth-order valence-corrected chi connectivity index (χ4v) is 4.15. The summed E-state index contributed by atoms with van der Waals surface area (Å²) in [5.41, 5.74) is 1.27. The Kier molecular flexibility index (Phi) is 8.44. The molecule has 6 nitrogen and oxygen atoms in total. The first kappa shape index (κ1) is 22.8. The predicted molar refractivity (Wildman–Crippen MR) is 122 cm³/mol. The molecule has 0 aliphatic rings. The quantitative estimate of drug-likeness (QED) is 0.459. The second-order valence-electron chi connectivity index (χ2n) is 7.26. The molecule has 3 rings (SSSR count). The number of hydrogen-bond donors (Lipinski definition) is 1. The standard InChI is InChI=1S/C24H28N2O4S/c1-26(17-19-7-4-3-5-8-19)16-6-15-25-24(27)23-14-11-21(30-23)18-31(28)22-12-9-20(29-2)10-13-22/h3-5,7-14H,6,15-18H2,1-2H3,(H,25,27)/t31-/m1/s1. The zero-order chi connectivity index (χ0) is 22.1. The summed E-state index contributed by atoms with van der Waals surface area (Å²) in [6.07, 6.45) is 0.837. The van der Waals surface area contributed by atoms with Crippen molar-refractivity contribution in [3.8, 4) is 5.75 Å². The van der Waals surface area contributed by atoms with Gasteiger partial charge < -0.3 is 19.4 Å². The number of methoxy groups -OCH3 is 1. The summed E-state index contributed by atoms with van der Waals surface area (Å²) in [5.74, 6) is 1.42. The van der Waals surface area contributed by atoms with Crippen LogP contribution >= 0.6 is 0 Å². The molecule has 1 heterocycles. The number of amides is 1.